The van der Waals surface area contributed by atoms with Gasteiger partial charge in [0.15, 0.2) is 0 Å². The van der Waals surface area contributed by atoms with E-state index in [2.05, 4.69) is 24.5 Å². The molecule has 1 unspecified atom stereocenters. The van der Waals surface area contributed by atoms with Gasteiger partial charge in [0.25, 0.3) is 0 Å². The van der Waals surface area contributed by atoms with Gasteiger partial charge in [0, 0.05) is 46.1 Å². The molecule has 0 saturated carbocycles. The lowest BCUT2D eigenvalue weighted by Crippen LogP contribution is -2.58. The molecule has 3 rings (SSSR count). The predicted molar refractivity (Wildman–Crippen MR) is 239 cm³/mol. The predicted octanol–water partition coefficient (Wildman–Crippen LogP) is 5.22. The zero-order chi connectivity index (χ0) is 46.3. The largest absolute Gasteiger partial charge is 0.478 e. The van der Waals surface area contributed by atoms with Gasteiger partial charge >= 0.3 is 11.9 Å². The van der Waals surface area contributed by atoms with Crippen LogP contribution in [0, 0.1) is 23.7 Å². The number of hydrogen-bond acceptors (Lipinski definition) is 9. The molecular weight excluding hydrogens is 791 g/mol. The second-order valence-electron chi connectivity index (χ2n) is 17.7. The van der Waals surface area contributed by atoms with E-state index >= 15 is 0 Å². The fourth-order valence-corrected chi connectivity index (χ4v) is 8.73. The Morgan fingerprint density at radius 3 is 2.05 bits per heavy atom. The number of methoxy groups -OCH3 is 2. The topological polar surface area (TPSA) is 175 Å². The number of benzene rings is 2. The normalized spacial score (nSPS) is 17.5. The van der Waals surface area contributed by atoms with Gasteiger partial charge in [-0.3, -0.25) is 24.1 Å². The minimum absolute atomic E-state index is 0.0582. The van der Waals surface area contributed by atoms with Gasteiger partial charge in [-0.2, -0.15) is 0 Å². The van der Waals surface area contributed by atoms with Crippen molar-refractivity contribution in [3.05, 3.63) is 71.3 Å². The van der Waals surface area contributed by atoms with Gasteiger partial charge < -0.3 is 35.0 Å². The van der Waals surface area contributed by atoms with E-state index in [4.69, 9.17) is 9.47 Å². The zero-order valence-corrected chi connectivity index (χ0v) is 38.9. The van der Waals surface area contributed by atoms with E-state index in [1.807, 2.05) is 70.0 Å². The van der Waals surface area contributed by atoms with Crippen molar-refractivity contribution in [1.82, 2.24) is 25.3 Å². The average Bonchev–Trinajstić information content (AvgIpc) is 3.74. The first-order chi connectivity index (χ1) is 29.4. The number of aromatic carboxylic acids is 1. The highest BCUT2D eigenvalue weighted by Gasteiger charge is 2.41. The summed E-state index contributed by atoms with van der Waals surface area (Å²) in [5.74, 6) is -3.35. The second-order valence-corrected chi connectivity index (χ2v) is 17.7. The maximum atomic E-state index is 14.4. The Morgan fingerprint density at radius 1 is 0.855 bits per heavy atom. The Hall–Kier alpha value is -4.82. The number of carboxylic acids is 1. The summed E-state index contributed by atoms with van der Waals surface area (Å²) in [7, 11) is 6.46. The third kappa shape index (κ3) is 14.1. The van der Waals surface area contributed by atoms with E-state index in [-0.39, 0.29) is 71.9 Å². The standard InChI is InChI=1S/C48H73N5O9/c1-12-32(6)38(52(9)46(57)41(30(2)3)50-45(56)42(31(4)5)51(8)28-26-34-20-22-36(23-21-34)47(58)59)24-25-40(54)53-27-16-19-39(53)43(61-10)33(7)44(55)49-37(48(60)62-11)29-35-17-14-13-15-18-35/h13-15,17-18,20-23,30-33,37-39,41-43H,12,16,19,24-29H2,1-11H3,(H,49,55)(H,50,56)(H,58,59)/t32-,33+,37-,38+,39-,41-,42?,43+/m0/s1. The van der Waals surface area contributed by atoms with Crippen LogP contribution < -0.4 is 10.6 Å². The molecule has 344 valence electrons. The Bertz CT molecular complexity index is 1770. The molecule has 0 aromatic heterocycles. The summed E-state index contributed by atoms with van der Waals surface area (Å²) < 4.78 is 10.9. The van der Waals surface area contributed by atoms with Crippen LogP contribution in [0.1, 0.15) is 102 Å². The summed E-state index contributed by atoms with van der Waals surface area (Å²) in [5.41, 5.74) is 2.05. The highest BCUT2D eigenvalue weighted by molar-refractivity contribution is 5.90. The Kier molecular flexibility index (Phi) is 20.5. The quantitative estimate of drug-likeness (QED) is 0.119. The third-order valence-corrected chi connectivity index (χ3v) is 12.6. The summed E-state index contributed by atoms with van der Waals surface area (Å²) in [6.45, 7) is 14.7. The van der Waals surface area contributed by atoms with E-state index in [1.54, 1.807) is 48.0 Å². The number of nitrogens with zero attached hydrogens (tertiary/aromatic N) is 3. The maximum absolute atomic E-state index is 14.4. The molecular formula is C48H73N5O9. The third-order valence-electron chi connectivity index (χ3n) is 12.6. The van der Waals surface area contributed by atoms with Crippen molar-refractivity contribution in [3.63, 3.8) is 0 Å². The fourth-order valence-electron chi connectivity index (χ4n) is 8.73. The van der Waals surface area contributed by atoms with Crippen molar-refractivity contribution in [2.45, 2.75) is 130 Å². The van der Waals surface area contributed by atoms with Crippen molar-refractivity contribution in [2.75, 3.05) is 41.4 Å². The van der Waals surface area contributed by atoms with Crippen LogP contribution in [0.3, 0.4) is 0 Å². The molecule has 14 nitrogen and oxygen atoms in total. The molecule has 2 aromatic carbocycles. The van der Waals surface area contributed by atoms with Crippen LogP contribution in [-0.2, 0) is 46.3 Å². The van der Waals surface area contributed by atoms with Crippen LogP contribution in [0.5, 0.6) is 0 Å². The zero-order valence-electron chi connectivity index (χ0n) is 38.9. The Morgan fingerprint density at radius 2 is 1.50 bits per heavy atom. The van der Waals surface area contributed by atoms with Gasteiger partial charge in [-0.1, -0.05) is 97.4 Å². The second kappa shape index (κ2) is 24.7. The number of likely N-dealkylation sites (N-methyl/N-ethyl adjacent to an activating group) is 2. The molecule has 0 aliphatic carbocycles. The molecule has 62 heavy (non-hydrogen) atoms. The van der Waals surface area contributed by atoms with Crippen molar-refractivity contribution < 1.29 is 43.3 Å². The molecule has 4 amide bonds. The van der Waals surface area contributed by atoms with Crippen molar-refractivity contribution in [2.24, 2.45) is 23.7 Å². The van der Waals surface area contributed by atoms with Crippen LogP contribution in [-0.4, -0.2) is 133 Å². The highest BCUT2D eigenvalue weighted by Crippen LogP contribution is 2.29. The van der Waals surface area contributed by atoms with Gasteiger partial charge in [0.2, 0.25) is 23.6 Å². The number of carbonyl (C=O) groups is 6. The lowest BCUT2D eigenvalue weighted by molar-refractivity contribution is -0.147. The van der Waals surface area contributed by atoms with Gasteiger partial charge in [-0.05, 0) is 73.7 Å². The van der Waals surface area contributed by atoms with E-state index in [9.17, 15) is 33.9 Å². The first-order valence-electron chi connectivity index (χ1n) is 22.2. The lowest BCUT2D eigenvalue weighted by atomic mass is 9.91. The Balaban J connectivity index is 1.69. The summed E-state index contributed by atoms with van der Waals surface area (Å²) >= 11 is 0. The first-order valence-corrected chi connectivity index (χ1v) is 22.2. The molecule has 1 aliphatic rings. The van der Waals surface area contributed by atoms with Gasteiger partial charge in [-0.25, -0.2) is 9.59 Å². The minimum Gasteiger partial charge on any atom is -0.478 e. The lowest BCUT2D eigenvalue weighted by Gasteiger charge is -2.38. The number of esters is 1. The number of ether oxygens (including phenoxy) is 2. The summed E-state index contributed by atoms with van der Waals surface area (Å²) in [6, 6.07) is 13.3. The minimum atomic E-state index is -0.983. The number of nitrogens with one attached hydrogen (secondary N) is 2. The molecule has 1 aliphatic heterocycles. The van der Waals surface area contributed by atoms with Crippen LogP contribution in [0.25, 0.3) is 0 Å². The van der Waals surface area contributed by atoms with Gasteiger partial charge in [-0.15, -0.1) is 0 Å². The maximum Gasteiger partial charge on any atom is 0.335 e. The molecule has 0 bridgehead atoms. The monoisotopic (exact) mass is 864 g/mol. The number of amides is 4. The fraction of sp³-hybridized carbons (Fsp3) is 0.625. The molecule has 3 N–H and O–H groups in total. The molecule has 0 radical (unpaired) electrons. The van der Waals surface area contributed by atoms with Crippen LogP contribution in [0.4, 0.5) is 0 Å². The molecule has 1 saturated heterocycles. The number of carboxylic acid groups (broad SMARTS) is 1. The SMILES string of the molecule is CC[C@H](C)[C@@H](CCC(=O)N1CCC[C@H]1[C@H](OC)[C@@H](C)C(=O)N[C@@H](Cc1ccccc1)C(=O)OC)N(C)C(=O)[C@@H](NC(=O)C(C(C)C)N(C)CCc1ccc(C(=O)O)cc1)C(C)C. The average molecular weight is 864 g/mol. The number of carbonyl (C=O) groups excluding carboxylic acids is 5. The van der Waals surface area contributed by atoms with Crippen LogP contribution in [0.2, 0.25) is 0 Å². The Labute approximate surface area is 369 Å². The van der Waals surface area contributed by atoms with E-state index < -0.39 is 42.1 Å². The van der Waals surface area contributed by atoms with Crippen molar-refractivity contribution >= 4 is 35.6 Å². The van der Waals surface area contributed by atoms with Crippen molar-refractivity contribution in [1.29, 1.82) is 0 Å². The number of likely N-dealkylation sites (tertiary alicyclic amines) is 1. The molecule has 14 heteroatoms. The highest BCUT2D eigenvalue weighted by atomic mass is 16.5. The van der Waals surface area contributed by atoms with Crippen LogP contribution >= 0.6 is 0 Å². The van der Waals surface area contributed by atoms with E-state index in [0.717, 1.165) is 24.0 Å². The summed E-state index contributed by atoms with van der Waals surface area (Å²) in [4.78, 5) is 85.6. The first kappa shape index (κ1) is 51.5. The molecule has 8 atom stereocenters. The summed E-state index contributed by atoms with van der Waals surface area (Å²) in [5, 5.41) is 15.2. The molecule has 1 heterocycles. The van der Waals surface area contributed by atoms with Crippen LogP contribution in [0.15, 0.2) is 54.6 Å². The van der Waals surface area contributed by atoms with E-state index in [0.29, 0.717) is 32.4 Å². The molecule has 1 fully saturated rings. The van der Waals surface area contributed by atoms with Crippen molar-refractivity contribution in [3.8, 4) is 0 Å². The number of rotatable bonds is 24. The van der Waals surface area contributed by atoms with E-state index in [1.165, 1.54) is 14.2 Å². The summed E-state index contributed by atoms with van der Waals surface area (Å²) in [6.07, 6.45) is 3.03. The van der Waals surface area contributed by atoms with Gasteiger partial charge in [0.05, 0.1) is 36.8 Å². The molecule has 0 spiro atoms. The smallest absolute Gasteiger partial charge is 0.335 e. The molecule has 2 aromatic rings. The van der Waals surface area contributed by atoms with Gasteiger partial charge in [0.1, 0.15) is 12.1 Å². The number of hydrogen-bond donors (Lipinski definition) is 3.